The maximum absolute atomic E-state index is 12.8. The van der Waals surface area contributed by atoms with Crippen molar-refractivity contribution >= 4 is 41.2 Å². The van der Waals surface area contributed by atoms with E-state index in [1.165, 1.54) is 32.7 Å². The molecule has 0 aliphatic heterocycles. The van der Waals surface area contributed by atoms with Gasteiger partial charge in [-0.25, -0.2) is 4.79 Å². The van der Waals surface area contributed by atoms with E-state index in [0.29, 0.717) is 26.9 Å². The van der Waals surface area contributed by atoms with Gasteiger partial charge in [-0.15, -0.1) is 0 Å². The molecule has 0 saturated heterocycles. The number of benzene rings is 2. The molecule has 0 atom stereocenters. The summed E-state index contributed by atoms with van der Waals surface area (Å²) in [5.41, 5.74) is 0.876. The van der Waals surface area contributed by atoms with Gasteiger partial charge in [0.2, 0.25) is 0 Å². The first-order valence-corrected chi connectivity index (χ1v) is 10.6. The van der Waals surface area contributed by atoms with Crippen molar-refractivity contribution in [1.82, 2.24) is 10.3 Å². The Morgan fingerprint density at radius 1 is 1.00 bits per heavy atom. The normalized spacial score (nSPS) is 11.0. The van der Waals surface area contributed by atoms with Crippen LogP contribution in [0.5, 0.6) is 17.2 Å². The van der Waals surface area contributed by atoms with E-state index < -0.39 is 11.9 Å². The van der Waals surface area contributed by atoms with Crippen LogP contribution in [-0.4, -0.2) is 36.2 Å². The number of nitrogens with zero attached hydrogens (tertiary/aromatic N) is 1. The van der Waals surface area contributed by atoms with E-state index in [2.05, 4.69) is 10.3 Å². The lowest BCUT2D eigenvalue weighted by atomic mass is 10.1. The van der Waals surface area contributed by atoms with Crippen LogP contribution < -0.4 is 19.5 Å². The number of ether oxygens (including phenoxy) is 3. The Kier molecular flexibility index (Phi) is 8.34. The lowest BCUT2D eigenvalue weighted by Crippen LogP contribution is -2.28. The van der Waals surface area contributed by atoms with Crippen molar-refractivity contribution < 1.29 is 28.9 Å². The van der Waals surface area contributed by atoms with Crippen LogP contribution in [0.1, 0.15) is 21.5 Å². The summed E-state index contributed by atoms with van der Waals surface area (Å²) < 4.78 is 16.1. The lowest BCUT2D eigenvalue weighted by Gasteiger charge is -2.13. The summed E-state index contributed by atoms with van der Waals surface area (Å²) in [5.74, 6) is -0.991. The van der Waals surface area contributed by atoms with Crippen LogP contribution in [0.4, 0.5) is 0 Å². The van der Waals surface area contributed by atoms with E-state index >= 15 is 0 Å². The van der Waals surface area contributed by atoms with Gasteiger partial charge < -0.3 is 24.6 Å². The summed E-state index contributed by atoms with van der Waals surface area (Å²) in [5, 5.41) is 12.8. The molecule has 34 heavy (non-hydrogen) atoms. The number of rotatable bonds is 9. The smallest absolute Gasteiger partial charge is 0.352 e. The van der Waals surface area contributed by atoms with Gasteiger partial charge >= 0.3 is 5.97 Å². The third-order valence-corrected chi connectivity index (χ3v) is 5.31. The second-order valence-electron chi connectivity index (χ2n) is 6.79. The second kappa shape index (κ2) is 11.4. The van der Waals surface area contributed by atoms with E-state index in [4.69, 9.17) is 37.4 Å². The monoisotopic (exact) mass is 502 g/mol. The van der Waals surface area contributed by atoms with E-state index in [1.807, 2.05) is 0 Å². The molecule has 0 aliphatic carbocycles. The molecule has 0 bridgehead atoms. The number of carbonyl (C=O) groups is 2. The van der Waals surface area contributed by atoms with Gasteiger partial charge in [0, 0.05) is 18.0 Å². The fourth-order valence-electron chi connectivity index (χ4n) is 2.97. The predicted molar refractivity (Wildman–Crippen MR) is 128 cm³/mol. The number of amides is 1. The number of pyridine rings is 1. The SMILES string of the molecule is COc1cccc(OC)c1C(=O)N/C(=C\c1ccc(OCc2c(Cl)cncc2Cl)cc1)C(=O)O. The van der Waals surface area contributed by atoms with E-state index in [0.717, 1.165) is 0 Å². The molecule has 2 aromatic carbocycles. The highest BCUT2D eigenvalue weighted by Crippen LogP contribution is 2.28. The van der Waals surface area contributed by atoms with E-state index in [9.17, 15) is 14.7 Å². The van der Waals surface area contributed by atoms with E-state index in [-0.39, 0.29) is 29.4 Å². The lowest BCUT2D eigenvalue weighted by molar-refractivity contribution is -0.132. The van der Waals surface area contributed by atoms with E-state index in [1.54, 1.807) is 42.5 Å². The number of hydrogen-bond acceptors (Lipinski definition) is 6. The minimum atomic E-state index is -1.32. The molecule has 3 rings (SSSR count). The average molecular weight is 503 g/mol. The standard InChI is InChI=1S/C24H20Cl2N2O6/c1-32-20-4-3-5-21(33-2)22(20)23(29)28-19(24(30)31)10-14-6-8-15(9-7-14)34-13-16-17(25)11-27-12-18(16)26/h3-12H,13H2,1-2H3,(H,28,29)(H,30,31)/b19-10-. The number of hydrogen-bond donors (Lipinski definition) is 2. The number of halogens is 2. The molecule has 0 radical (unpaired) electrons. The van der Waals surface area contributed by atoms with Crippen LogP contribution in [0.15, 0.2) is 60.6 Å². The van der Waals surface area contributed by atoms with Crippen molar-refractivity contribution in [1.29, 1.82) is 0 Å². The third kappa shape index (κ3) is 5.98. The molecule has 1 amide bonds. The van der Waals surface area contributed by atoms with Crippen LogP contribution in [-0.2, 0) is 11.4 Å². The van der Waals surface area contributed by atoms with Crippen LogP contribution in [0.2, 0.25) is 10.0 Å². The maximum Gasteiger partial charge on any atom is 0.352 e. The number of methoxy groups -OCH3 is 2. The zero-order valence-electron chi connectivity index (χ0n) is 18.2. The number of carbonyl (C=O) groups excluding carboxylic acids is 1. The van der Waals surface area contributed by atoms with Gasteiger partial charge in [0.15, 0.2) is 0 Å². The zero-order chi connectivity index (χ0) is 24.7. The topological polar surface area (TPSA) is 107 Å². The Morgan fingerprint density at radius 3 is 2.12 bits per heavy atom. The predicted octanol–water partition coefficient (Wildman–Crippen LogP) is 4.84. The average Bonchev–Trinajstić information content (AvgIpc) is 2.83. The third-order valence-electron chi connectivity index (χ3n) is 4.66. The highest BCUT2D eigenvalue weighted by atomic mass is 35.5. The summed E-state index contributed by atoms with van der Waals surface area (Å²) in [6.45, 7) is 0.131. The maximum atomic E-state index is 12.8. The first kappa shape index (κ1) is 24.9. The summed E-state index contributed by atoms with van der Waals surface area (Å²) in [4.78, 5) is 28.5. The minimum absolute atomic E-state index is 0.0804. The van der Waals surface area contributed by atoms with Gasteiger partial charge in [-0.3, -0.25) is 9.78 Å². The van der Waals surface area contributed by atoms with Gasteiger partial charge in [-0.05, 0) is 35.9 Å². The zero-order valence-corrected chi connectivity index (χ0v) is 19.7. The highest BCUT2D eigenvalue weighted by Gasteiger charge is 2.21. The van der Waals surface area contributed by atoms with Crippen LogP contribution in [0, 0.1) is 0 Å². The van der Waals surface area contributed by atoms with Crippen LogP contribution in [0.25, 0.3) is 6.08 Å². The summed E-state index contributed by atoms with van der Waals surface area (Å²) in [7, 11) is 2.80. The van der Waals surface area contributed by atoms with Gasteiger partial charge in [0.25, 0.3) is 5.91 Å². The van der Waals surface area contributed by atoms with Crippen molar-refractivity contribution in [2.24, 2.45) is 0 Å². The van der Waals surface area contributed by atoms with Crippen molar-refractivity contribution in [3.05, 3.63) is 87.3 Å². The molecule has 0 saturated carbocycles. The Bertz CT molecular complexity index is 1190. The molecular weight excluding hydrogens is 483 g/mol. The summed E-state index contributed by atoms with van der Waals surface area (Å²) in [6, 6.07) is 11.4. The van der Waals surface area contributed by atoms with Crippen molar-refractivity contribution in [3.63, 3.8) is 0 Å². The first-order chi connectivity index (χ1) is 16.3. The molecule has 3 aromatic rings. The molecule has 8 nitrogen and oxygen atoms in total. The highest BCUT2D eigenvalue weighted by molar-refractivity contribution is 6.35. The molecule has 1 aromatic heterocycles. The van der Waals surface area contributed by atoms with Crippen LogP contribution >= 0.6 is 23.2 Å². The van der Waals surface area contributed by atoms with Crippen LogP contribution in [0.3, 0.4) is 0 Å². The second-order valence-corrected chi connectivity index (χ2v) is 7.61. The Balaban J connectivity index is 1.76. The van der Waals surface area contributed by atoms with Gasteiger partial charge in [-0.2, -0.15) is 0 Å². The Hall–Kier alpha value is -3.75. The number of aliphatic carboxylic acids is 1. The van der Waals surface area contributed by atoms with Gasteiger partial charge in [0.1, 0.15) is 35.1 Å². The molecule has 0 spiro atoms. The molecule has 0 aliphatic rings. The van der Waals surface area contributed by atoms with Crippen molar-refractivity contribution in [2.45, 2.75) is 6.61 Å². The minimum Gasteiger partial charge on any atom is -0.496 e. The fourth-order valence-corrected chi connectivity index (χ4v) is 3.44. The largest absolute Gasteiger partial charge is 0.496 e. The Morgan fingerprint density at radius 2 is 1.59 bits per heavy atom. The molecule has 2 N–H and O–H groups in total. The number of carboxylic acid groups (broad SMARTS) is 1. The van der Waals surface area contributed by atoms with Crippen molar-refractivity contribution in [2.75, 3.05) is 14.2 Å². The molecule has 10 heteroatoms. The molecule has 176 valence electrons. The molecule has 0 unspecified atom stereocenters. The summed E-state index contributed by atoms with van der Waals surface area (Å²) in [6.07, 6.45) is 4.27. The van der Waals surface area contributed by atoms with Crippen molar-refractivity contribution in [3.8, 4) is 17.2 Å². The van der Waals surface area contributed by atoms with Gasteiger partial charge in [-0.1, -0.05) is 41.4 Å². The fraction of sp³-hybridized carbons (Fsp3) is 0.125. The number of aromatic nitrogens is 1. The molecular formula is C24H20Cl2N2O6. The number of carboxylic acids is 1. The first-order valence-electron chi connectivity index (χ1n) is 9.82. The quantitative estimate of drug-likeness (QED) is 0.403. The Labute approximate surface area is 205 Å². The van der Waals surface area contributed by atoms with Gasteiger partial charge in [0.05, 0.1) is 24.3 Å². The molecule has 1 heterocycles. The number of nitrogens with one attached hydrogen (secondary N) is 1. The summed E-state index contributed by atoms with van der Waals surface area (Å²) >= 11 is 12.2. The molecule has 0 fully saturated rings.